The van der Waals surface area contributed by atoms with Gasteiger partial charge in [0, 0.05) is 41.1 Å². The second-order valence-electron chi connectivity index (χ2n) is 7.53. The fourth-order valence-electron chi connectivity index (χ4n) is 3.94. The number of aromatic nitrogens is 2. The maximum Gasteiger partial charge on any atom is 0.228 e. The lowest BCUT2D eigenvalue weighted by molar-refractivity contribution is -0.117. The first-order valence-electron chi connectivity index (χ1n) is 9.85. The van der Waals surface area contributed by atoms with Crippen LogP contribution in [0, 0.1) is 13.8 Å². The monoisotopic (exact) mass is 422 g/mol. The van der Waals surface area contributed by atoms with E-state index < -0.39 is 0 Å². The van der Waals surface area contributed by atoms with Crippen LogP contribution >= 0.6 is 11.6 Å². The van der Waals surface area contributed by atoms with Crippen LogP contribution in [0.15, 0.2) is 42.5 Å². The van der Waals surface area contributed by atoms with E-state index in [0.717, 1.165) is 46.0 Å². The summed E-state index contributed by atoms with van der Waals surface area (Å²) in [6, 6.07) is 13.1. The number of nitrogens with one attached hydrogen (secondary N) is 1. The molecule has 0 aliphatic carbocycles. The predicted octanol–water partition coefficient (Wildman–Crippen LogP) is 4.23. The molecule has 4 rings (SSSR count). The zero-order valence-corrected chi connectivity index (χ0v) is 18.0. The third kappa shape index (κ3) is 3.83. The van der Waals surface area contributed by atoms with Crippen LogP contribution in [0.4, 0.5) is 11.4 Å². The molecule has 0 radical (unpaired) electrons. The Morgan fingerprint density at radius 2 is 1.87 bits per heavy atom. The SMILES string of the molecule is CC(=O)N1CCc2cc(NC(=O)Cc3c(C)nn(-c4ccc(Cl)cc4)c3C)ccc21. The van der Waals surface area contributed by atoms with Crippen molar-refractivity contribution in [2.45, 2.75) is 33.6 Å². The lowest BCUT2D eigenvalue weighted by Gasteiger charge is -2.15. The molecule has 0 unspecified atom stereocenters. The number of benzene rings is 2. The fraction of sp³-hybridized carbons (Fsp3) is 0.261. The highest BCUT2D eigenvalue weighted by Crippen LogP contribution is 2.30. The van der Waals surface area contributed by atoms with Crippen LogP contribution in [-0.4, -0.2) is 28.1 Å². The molecule has 0 saturated carbocycles. The van der Waals surface area contributed by atoms with Crippen molar-refractivity contribution in [3.8, 4) is 5.69 Å². The second kappa shape index (κ2) is 7.95. The van der Waals surface area contributed by atoms with Gasteiger partial charge in [0.1, 0.15) is 0 Å². The van der Waals surface area contributed by atoms with E-state index in [-0.39, 0.29) is 18.2 Å². The molecule has 7 heteroatoms. The molecular formula is C23H23ClN4O2. The first kappa shape index (κ1) is 20.2. The molecule has 2 heterocycles. The number of rotatable bonds is 4. The molecular weight excluding hydrogens is 400 g/mol. The van der Waals surface area contributed by atoms with Gasteiger partial charge in [0.15, 0.2) is 0 Å². The molecule has 30 heavy (non-hydrogen) atoms. The Labute approximate surface area is 180 Å². The van der Waals surface area contributed by atoms with Crippen molar-refractivity contribution in [2.24, 2.45) is 0 Å². The number of fused-ring (bicyclic) bond motifs is 1. The number of aryl methyl sites for hydroxylation is 1. The molecule has 2 amide bonds. The van der Waals surface area contributed by atoms with E-state index >= 15 is 0 Å². The van der Waals surface area contributed by atoms with Gasteiger partial charge in [-0.15, -0.1) is 0 Å². The molecule has 3 aromatic rings. The first-order chi connectivity index (χ1) is 14.3. The predicted molar refractivity (Wildman–Crippen MR) is 119 cm³/mol. The van der Waals surface area contributed by atoms with Crippen molar-refractivity contribution < 1.29 is 9.59 Å². The largest absolute Gasteiger partial charge is 0.326 e. The molecule has 1 aliphatic heterocycles. The number of hydrogen-bond donors (Lipinski definition) is 1. The summed E-state index contributed by atoms with van der Waals surface area (Å²) >= 11 is 5.98. The number of amides is 2. The number of carbonyl (C=O) groups is 2. The van der Waals surface area contributed by atoms with Gasteiger partial charge in [0.2, 0.25) is 11.8 Å². The molecule has 1 aliphatic rings. The van der Waals surface area contributed by atoms with Gasteiger partial charge < -0.3 is 10.2 Å². The molecule has 1 N–H and O–H groups in total. The van der Waals surface area contributed by atoms with Crippen molar-refractivity contribution in [3.63, 3.8) is 0 Å². The van der Waals surface area contributed by atoms with Gasteiger partial charge >= 0.3 is 0 Å². The Hall–Kier alpha value is -3.12. The van der Waals surface area contributed by atoms with Crippen molar-refractivity contribution in [2.75, 3.05) is 16.8 Å². The van der Waals surface area contributed by atoms with Crippen LogP contribution < -0.4 is 10.2 Å². The molecule has 0 saturated heterocycles. The van der Waals surface area contributed by atoms with Crippen LogP contribution in [0.1, 0.15) is 29.4 Å². The molecule has 1 aromatic heterocycles. The Morgan fingerprint density at radius 3 is 2.57 bits per heavy atom. The normalized spacial score (nSPS) is 12.7. The Morgan fingerprint density at radius 1 is 1.13 bits per heavy atom. The lowest BCUT2D eigenvalue weighted by Crippen LogP contribution is -2.25. The third-order valence-electron chi connectivity index (χ3n) is 5.49. The lowest BCUT2D eigenvalue weighted by atomic mass is 10.1. The van der Waals surface area contributed by atoms with E-state index in [1.165, 1.54) is 0 Å². The molecule has 2 aromatic carbocycles. The maximum atomic E-state index is 12.7. The summed E-state index contributed by atoms with van der Waals surface area (Å²) in [7, 11) is 0. The molecule has 154 valence electrons. The van der Waals surface area contributed by atoms with E-state index in [9.17, 15) is 9.59 Å². The quantitative estimate of drug-likeness (QED) is 0.684. The molecule has 0 spiro atoms. The van der Waals surface area contributed by atoms with Crippen LogP contribution in [0.5, 0.6) is 0 Å². The Bertz CT molecular complexity index is 1130. The zero-order valence-electron chi connectivity index (χ0n) is 17.2. The van der Waals surface area contributed by atoms with Crippen molar-refractivity contribution in [3.05, 3.63) is 70.0 Å². The van der Waals surface area contributed by atoms with Crippen LogP contribution in [-0.2, 0) is 22.4 Å². The Balaban J connectivity index is 1.50. The maximum absolute atomic E-state index is 12.7. The highest BCUT2D eigenvalue weighted by molar-refractivity contribution is 6.30. The average molecular weight is 423 g/mol. The number of halogens is 1. The van der Waals surface area contributed by atoms with Crippen molar-refractivity contribution >= 4 is 34.8 Å². The summed E-state index contributed by atoms with van der Waals surface area (Å²) in [6.07, 6.45) is 1.03. The third-order valence-corrected chi connectivity index (χ3v) is 5.74. The van der Waals surface area contributed by atoms with Gasteiger partial charge in [-0.3, -0.25) is 9.59 Å². The average Bonchev–Trinajstić information content (AvgIpc) is 3.25. The van der Waals surface area contributed by atoms with Gasteiger partial charge in [-0.2, -0.15) is 5.10 Å². The zero-order chi connectivity index (χ0) is 21.4. The van der Waals surface area contributed by atoms with E-state index in [1.807, 2.05) is 61.0 Å². The summed E-state index contributed by atoms with van der Waals surface area (Å²) in [5.74, 6) is -0.0626. The topological polar surface area (TPSA) is 67.2 Å². The number of nitrogens with zero attached hydrogens (tertiary/aromatic N) is 3. The minimum Gasteiger partial charge on any atom is -0.326 e. The van der Waals surface area contributed by atoms with Gasteiger partial charge in [-0.05, 0) is 68.3 Å². The number of hydrogen-bond acceptors (Lipinski definition) is 3. The van der Waals surface area contributed by atoms with Crippen molar-refractivity contribution in [1.29, 1.82) is 0 Å². The van der Waals surface area contributed by atoms with Crippen molar-refractivity contribution in [1.82, 2.24) is 9.78 Å². The summed E-state index contributed by atoms with van der Waals surface area (Å²) in [6.45, 7) is 6.13. The molecule has 0 atom stereocenters. The highest BCUT2D eigenvalue weighted by atomic mass is 35.5. The van der Waals surface area contributed by atoms with Crippen LogP contribution in [0.3, 0.4) is 0 Å². The smallest absolute Gasteiger partial charge is 0.228 e. The molecule has 6 nitrogen and oxygen atoms in total. The van der Waals surface area contributed by atoms with Gasteiger partial charge in [-0.25, -0.2) is 4.68 Å². The minimum absolute atomic E-state index is 0.0363. The summed E-state index contributed by atoms with van der Waals surface area (Å²) in [5.41, 5.74) is 6.30. The highest BCUT2D eigenvalue weighted by Gasteiger charge is 2.22. The van der Waals surface area contributed by atoms with Gasteiger partial charge in [0.25, 0.3) is 0 Å². The molecule has 0 fully saturated rings. The van der Waals surface area contributed by atoms with E-state index in [0.29, 0.717) is 11.6 Å². The molecule has 0 bridgehead atoms. The minimum atomic E-state index is -0.0989. The second-order valence-corrected chi connectivity index (χ2v) is 7.96. The summed E-state index contributed by atoms with van der Waals surface area (Å²) < 4.78 is 1.83. The van der Waals surface area contributed by atoms with Gasteiger partial charge in [-0.1, -0.05) is 11.6 Å². The van der Waals surface area contributed by atoms with E-state index in [2.05, 4.69) is 10.4 Å². The summed E-state index contributed by atoms with van der Waals surface area (Å²) in [5, 5.41) is 8.24. The van der Waals surface area contributed by atoms with Gasteiger partial charge in [0.05, 0.1) is 17.8 Å². The number of anilines is 2. The van der Waals surface area contributed by atoms with E-state index in [1.54, 1.807) is 11.8 Å². The number of carbonyl (C=O) groups excluding carboxylic acids is 2. The summed E-state index contributed by atoms with van der Waals surface area (Å²) in [4.78, 5) is 26.2. The first-order valence-corrected chi connectivity index (χ1v) is 10.2. The Kier molecular flexibility index (Phi) is 5.35. The van der Waals surface area contributed by atoms with Crippen LogP contribution in [0.25, 0.3) is 5.69 Å². The fourth-order valence-corrected chi connectivity index (χ4v) is 4.06. The van der Waals surface area contributed by atoms with E-state index in [4.69, 9.17) is 11.6 Å². The standard InChI is InChI=1S/C23H23ClN4O2/c1-14-21(15(2)28(26-14)20-7-4-18(24)5-8-20)13-23(30)25-19-6-9-22-17(12-19)10-11-27(22)16(3)29/h4-9,12H,10-11,13H2,1-3H3,(H,25,30). The van der Waals surface area contributed by atoms with Crippen LogP contribution in [0.2, 0.25) is 5.02 Å².